The molecular weight excluding hydrogens is 290 g/mol. The predicted molar refractivity (Wildman–Crippen MR) is 58.2 cm³/mol. The summed E-state index contributed by atoms with van der Waals surface area (Å²) in [6.45, 7) is 4.05. The molecule has 0 fully saturated rings. The van der Waals surface area contributed by atoms with E-state index >= 15 is 0 Å². The van der Waals surface area contributed by atoms with E-state index in [4.69, 9.17) is 0 Å². The topological polar surface area (TPSA) is 38.1 Å². The van der Waals surface area contributed by atoms with Gasteiger partial charge in [0.2, 0.25) is 5.92 Å². The van der Waals surface area contributed by atoms with Crippen molar-refractivity contribution in [3.05, 3.63) is 17.8 Å². The second-order valence-corrected chi connectivity index (χ2v) is 4.53. The molecule has 0 atom stereocenters. The van der Waals surface area contributed by atoms with Crippen LogP contribution >= 0.6 is 0 Å². The standard InChI is InChI=1S/C11H14F6N2O/c1-6(2)18-4-3-8-19-5-7(20-8)9(10(12,13)14)11(15,16)17/h5-6,9,18H,3-4H2,1-2H3. The van der Waals surface area contributed by atoms with Crippen LogP contribution in [-0.4, -0.2) is 29.9 Å². The Balaban J connectivity index is 2.82. The van der Waals surface area contributed by atoms with Gasteiger partial charge >= 0.3 is 12.4 Å². The van der Waals surface area contributed by atoms with Crippen molar-refractivity contribution in [1.82, 2.24) is 10.3 Å². The second-order valence-electron chi connectivity index (χ2n) is 4.53. The van der Waals surface area contributed by atoms with Gasteiger partial charge in [0.15, 0.2) is 5.89 Å². The molecule has 0 amide bonds. The van der Waals surface area contributed by atoms with Crippen LogP contribution in [0, 0.1) is 0 Å². The van der Waals surface area contributed by atoms with E-state index in [9.17, 15) is 26.3 Å². The van der Waals surface area contributed by atoms with E-state index in [1.807, 2.05) is 13.8 Å². The lowest BCUT2D eigenvalue weighted by Crippen LogP contribution is -2.33. The van der Waals surface area contributed by atoms with Gasteiger partial charge in [-0.2, -0.15) is 26.3 Å². The van der Waals surface area contributed by atoms with Gasteiger partial charge in [-0.25, -0.2) is 4.98 Å². The van der Waals surface area contributed by atoms with E-state index in [1.165, 1.54) is 0 Å². The molecule has 1 aromatic heterocycles. The van der Waals surface area contributed by atoms with Crippen molar-refractivity contribution < 1.29 is 30.8 Å². The molecule has 0 aliphatic rings. The van der Waals surface area contributed by atoms with Gasteiger partial charge in [-0.3, -0.25) is 0 Å². The quantitative estimate of drug-likeness (QED) is 0.847. The molecule has 0 aliphatic carbocycles. The van der Waals surface area contributed by atoms with Crippen molar-refractivity contribution in [3.63, 3.8) is 0 Å². The molecule has 0 aromatic carbocycles. The van der Waals surface area contributed by atoms with Crippen LogP contribution in [0.4, 0.5) is 26.3 Å². The van der Waals surface area contributed by atoms with E-state index in [-0.39, 0.29) is 18.4 Å². The molecule has 0 radical (unpaired) electrons. The summed E-state index contributed by atoms with van der Waals surface area (Å²) in [5.74, 6) is -5.04. The first-order chi connectivity index (χ1) is 9.01. The summed E-state index contributed by atoms with van der Waals surface area (Å²) in [4.78, 5) is 3.45. The van der Waals surface area contributed by atoms with Gasteiger partial charge in [0.25, 0.3) is 0 Å². The molecule has 0 bridgehead atoms. The molecule has 1 aromatic rings. The lowest BCUT2D eigenvalue weighted by Gasteiger charge is -2.20. The SMILES string of the molecule is CC(C)NCCc1ncc(C(C(F)(F)F)C(F)(F)F)o1. The van der Waals surface area contributed by atoms with Crippen molar-refractivity contribution in [2.75, 3.05) is 6.54 Å². The molecule has 116 valence electrons. The molecule has 0 spiro atoms. The average Bonchev–Trinajstić information content (AvgIpc) is 2.60. The fourth-order valence-electron chi connectivity index (χ4n) is 1.55. The van der Waals surface area contributed by atoms with Gasteiger partial charge in [0, 0.05) is 19.0 Å². The highest BCUT2D eigenvalue weighted by atomic mass is 19.4. The van der Waals surface area contributed by atoms with Crippen LogP contribution in [0.3, 0.4) is 0 Å². The minimum absolute atomic E-state index is 0.112. The number of alkyl halides is 6. The normalized spacial score (nSPS) is 13.5. The summed E-state index contributed by atoms with van der Waals surface area (Å²) in [5.41, 5.74) is 0. The van der Waals surface area contributed by atoms with Crippen molar-refractivity contribution >= 4 is 0 Å². The molecule has 0 saturated heterocycles. The first kappa shape index (κ1) is 16.8. The number of hydrogen-bond donors (Lipinski definition) is 1. The maximum Gasteiger partial charge on any atom is 0.407 e. The third-order valence-electron chi connectivity index (χ3n) is 2.40. The first-order valence-corrected chi connectivity index (χ1v) is 5.83. The van der Waals surface area contributed by atoms with Crippen LogP contribution in [0.2, 0.25) is 0 Å². The Bertz CT molecular complexity index is 409. The van der Waals surface area contributed by atoms with Crippen LogP contribution in [0.1, 0.15) is 31.4 Å². The molecule has 0 saturated carbocycles. The molecule has 9 heteroatoms. The summed E-state index contributed by atoms with van der Waals surface area (Å²) in [6, 6.07) is 0.141. The summed E-state index contributed by atoms with van der Waals surface area (Å²) < 4.78 is 79.3. The molecule has 1 heterocycles. The number of oxazole rings is 1. The van der Waals surface area contributed by atoms with Crippen LogP contribution in [-0.2, 0) is 6.42 Å². The monoisotopic (exact) mass is 304 g/mol. The van der Waals surface area contributed by atoms with Gasteiger partial charge in [0.1, 0.15) is 5.76 Å². The Morgan fingerprint density at radius 3 is 2.15 bits per heavy atom. The number of nitrogens with one attached hydrogen (secondary N) is 1. The van der Waals surface area contributed by atoms with Gasteiger partial charge in [-0.1, -0.05) is 13.8 Å². The van der Waals surface area contributed by atoms with Crippen molar-refractivity contribution in [2.24, 2.45) is 0 Å². The Hall–Kier alpha value is -1.25. The second kappa shape index (κ2) is 6.02. The molecule has 0 aliphatic heterocycles. The van der Waals surface area contributed by atoms with Gasteiger partial charge in [0.05, 0.1) is 6.20 Å². The lowest BCUT2D eigenvalue weighted by atomic mass is 10.1. The van der Waals surface area contributed by atoms with E-state index in [1.54, 1.807) is 0 Å². The smallest absolute Gasteiger partial charge is 0.407 e. The Morgan fingerprint density at radius 1 is 1.15 bits per heavy atom. The maximum absolute atomic E-state index is 12.4. The first-order valence-electron chi connectivity index (χ1n) is 5.83. The minimum Gasteiger partial charge on any atom is -0.445 e. The molecule has 1 N–H and O–H groups in total. The molecule has 1 rings (SSSR count). The fourth-order valence-corrected chi connectivity index (χ4v) is 1.55. The summed E-state index contributed by atoms with van der Waals surface area (Å²) in [6.07, 6.45) is -10.3. The van der Waals surface area contributed by atoms with Crippen LogP contribution in [0.25, 0.3) is 0 Å². The number of nitrogens with zero attached hydrogens (tertiary/aromatic N) is 1. The van der Waals surface area contributed by atoms with Crippen LogP contribution in [0.15, 0.2) is 10.6 Å². The van der Waals surface area contributed by atoms with Crippen LogP contribution < -0.4 is 5.32 Å². The number of halogens is 6. The highest BCUT2D eigenvalue weighted by Gasteiger charge is 2.59. The summed E-state index contributed by atoms with van der Waals surface area (Å²) in [7, 11) is 0. The van der Waals surface area contributed by atoms with E-state index in [0.717, 1.165) is 0 Å². The zero-order chi connectivity index (χ0) is 15.6. The highest BCUT2D eigenvalue weighted by molar-refractivity contribution is 5.08. The third-order valence-corrected chi connectivity index (χ3v) is 2.40. The van der Waals surface area contributed by atoms with Crippen molar-refractivity contribution in [3.8, 4) is 0 Å². The average molecular weight is 304 g/mol. The molecular formula is C11H14F6N2O. The zero-order valence-corrected chi connectivity index (χ0v) is 10.8. The zero-order valence-electron chi connectivity index (χ0n) is 10.8. The Labute approximate surface area is 111 Å². The predicted octanol–water partition coefficient (Wildman–Crippen LogP) is 3.42. The third kappa shape index (κ3) is 4.69. The number of hydrogen-bond acceptors (Lipinski definition) is 3. The lowest BCUT2D eigenvalue weighted by molar-refractivity contribution is -0.257. The maximum atomic E-state index is 12.4. The minimum atomic E-state index is -5.47. The van der Waals surface area contributed by atoms with Gasteiger partial charge < -0.3 is 9.73 Å². The Morgan fingerprint density at radius 2 is 1.70 bits per heavy atom. The van der Waals surface area contributed by atoms with Gasteiger partial charge in [-0.05, 0) is 0 Å². The van der Waals surface area contributed by atoms with Crippen molar-refractivity contribution in [1.29, 1.82) is 0 Å². The molecule has 0 unspecified atom stereocenters. The highest BCUT2D eigenvalue weighted by Crippen LogP contribution is 2.46. The molecule has 3 nitrogen and oxygen atoms in total. The van der Waals surface area contributed by atoms with E-state index in [0.29, 0.717) is 12.7 Å². The van der Waals surface area contributed by atoms with E-state index < -0.39 is 24.0 Å². The summed E-state index contributed by atoms with van der Waals surface area (Å²) in [5, 5.41) is 2.95. The summed E-state index contributed by atoms with van der Waals surface area (Å²) >= 11 is 0. The number of aromatic nitrogens is 1. The Kier molecular flexibility index (Phi) is 5.06. The molecule has 20 heavy (non-hydrogen) atoms. The fraction of sp³-hybridized carbons (Fsp3) is 0.727. The van der Waals surface area contributed by atoms with E-state index in [2.05, 4.69) is 14.7 Å². The van der Waals surface area contributed by atoms with Crippen LogP contribution in [0.5, 0.6) is 0 Å². The largest absolute Gasteiger partial charge is 0.445 e. The van der Waals surface area contributed by atoms with Crippen molar-refractivity contribution in [2.45, 2.75) is 44.6 Å². The number of rotatable bonds is 5. The van der Waals surface area contributed by atoms with Gasteiger partial charge in [-0.15, -0.1) is 0 Å².